The second-order valence-electron chi connectivity index (χ2n) is 15.5. The third-order valence-electron chi connectivity index (χ3n) is 6.60. The fraction of sp³-hybridized carbons (Fsp3) is 0.769. The number of nitrogens with one attached hydrogen (secondary N) is 3. The summed E-state index contributed by atoms with van der Waals surface area (Å²) in [7, 11) is 0. The van der Waals surface area contributed by atoms with E-state index in [4.69, 9.17) is 0 Å². The Bertz CT molecular complexity index is 878. The van der Waals surface area contributed by atoms with Crippen LogP contribution >= 0.6 is 0 Å². The molecule has 262 valence electrons. The molecule has 1 rings (SSSR count). The van der Waals surface area contributed by atoms with Gasteiger partial charge in [-0.05, 0) is 80.9 Å². The highest BCUT2D eigenvalue weighted by atomic mass is 16.2. The van der Waals surface area contributed by atoms with Gasteiger partial charge in [-0.1, -0.05) is 115 Å². The standard InChI is InChI=1S/C22H45NO.C11H15NO.C6H13NO/c1-5-6-7-8-9-10-11-12-13-14-15-16-17-18-19-20-21(24)23-22(2,3)4;1-11(2,3)12-10(13)9-7-5-4-6-8-9;1-5(8)7-6(2,3)4/h5-20H2,1-4H3,(H,23,24);4-8H,1-3H3,(H,12,13);1-4H3,(H,7,8). The molecule has 0 spiro atoms. The topological polar surface area (TPSA) is 87.3 Å². The third kappa shape index (κ3) is 37.7. The minimum Gasteiger partial charge on any atom is -0.352 e. The molecule has 3 N–H and O–H groups in total. The summed E-state index contributed by atoms with van der Waals surface area (Å²) < 4.78 is 0. The van der Waals surface area contributed by atoms with Crippen molar-refractivity contribution in [1.29, 1.82) is 0 Å². The van der Waals surface area contributed by atoms with Crippen LogP contribution in [0, 0.1) is 0 Å². The van der Waals surface area contributed by atoms with E-state index in [2.05, 4.69) is 22.9 Å². The third-order valence-corrected chi connectivity index (χ3v) is 6.60. The fourth-order valence-corrected chi connectivity index (χ4v) is 4.67. The van der Waals surface area contributed by atoms with E-state index in [0.29, 0.717) is 12.0 Å². The SMILES string of the molecule is CC(=O)NC(C)(C)C.CC(C)(C)NC(=O)c1ccccc1.CCCCCCCCCCCCCCCCCC(=O)NC(C)(C)C. The highest BCUT2D eigenvalue weighted by molar-refractivity contribution is 5.94. The second kappa shape index (κ2) is 25.8. The first-order chi connectivity index (χ1) is 20.9. The van der Waals surface area contributed by atoms with Crippen molar-refractivity contribution in [3.8, 4) is 0 Å². The summed E-state index contributed by atoms with van der Waals surface area (Å²) in [6.45, 7) is 21.7. The van der Waals surface area contributed by atoms with Crippen molar-refractivity contribution < 1.29 is 14.4 Å². The van der Waals surface area contributed by atoms with Crippen molar-refractivity contribution in [3.63, 3.8) is 0 Å². The van der Waals surface area contributed by atoms with Crippen molar-refractivity contribution >= 4 is 17.7 Å². The van der Waals surface area contributed by atoms with Crippen LogP contribution in [0.3, 0.4) is 0 Å². The second-order valence-corrected chi connectivity index (χ2v) is 15.5. The molecule has 0 heterocycles. The molecule has 0 unspecified atom stereocenters. The van der Waals surface area contributed by atoms with Crippen LogP contribution in [0.15, 0.2) is 30.3 Å². The summed E-state index contributed by atoms with van der Waals surface area (Å²) >= 11 is 0. The van der Waals surface area contributed by atoms with Crippen LogP contribution in [0.4, 0.5) is 0 Å². The lowest BCUT2D eigenvalue weighted by molar-refractivity contribution is -0.122. The van der Waals surface area contributed by atoms with Gasteiger partial charge < -0.3 is 16.0 Å². The van der Waals surface area contributed by atoms with Crippen molar-refractivity contribution in [2.45, 2.75) is 196 Å². The number of hydrogen-bond donors (Lipinski definition) is 3. The maximum absolute atomic E-state index is 11.7. The zero-order valence-corrected chi connectivity index (χ0v) is 31.4. The molecule has 0 radical (unpaired) electrons. The number of hydrogen-bond acceptors (Lipinski definition) is 3. The van der Waals surface area contributed by atoms with Gasteiger partial charge in [0.15, 0.2) is 0 Å². The molecule has 45 heavy (non-hydrogen) atoms. The number of unbranched alkanes of at least 4 members (excludes halogenated alkanes) is 14. The van der Waals surface area contributed by atoms with Gasteiger partial charge in [-0.15, -0.1) is 0 Å². The van der Waals surface area contributed by atoms with E-state index in [1.165, 1.54) is 96.8 Å². The zero-order chi connectivity index (χ0) is 34.8. The number of carbonyl (C=O) groups is 3. The zero-order valence-electron chi connectivity index (χ0n) is 31.4. The molecule has 1 aromatic carbocycles. The van der Waals surface area contributed by atoms with Gasteiger partial charge in [0.05, 0.1) is 0 Å². The smallest absolute Gasteiger partial charge is 0.251 e. The van der Waals surface area contributed by atoms with Crippen LogP contribution < -0.4 is 16.0 Å². The average Bonchev–Trinajstić information content (AvgIpc) is 2.89. The van der Waals surface area contributed by atoms with Gasteiger partial charge in [0.1, 0.15) is 0 Å². The van der Waals surface area contributed by atoms with Crippen LogP contribution in [0.2, 0.25) is 0 Å². The number of amides is 3. The fourth-order valence-electron chi connectivity index (χ4n) is 4.67. The molecule has 0 aromatic heterocycles. The lowest BCUT2D eigenvalue weighted by Gasteiger charge is -2.20. The number of benzene rings is 1. The molecule has 0 saturated heterocycles. The van der Waals surface area contributed by atoms with Gasteiger partial charge in [-0.3, -0.25) is 14.4 Å². The van der Waals surface area contributed by atoms with Crippen LogP contribution in [0.25, 0.3) is 0 Å². The highest BCUT2D eigenvalue weighted by Gasteiger charge is 2.14. The maximum Gasteiger partial charge on any atom is 0.251 e. The molecule has 6 heteroatoms. The summed E-state index contributed by atoms with van der Waals surface area (Å²) in [5, 5.41) is 8.67. The molecule has 0 saturated carbocycles. The normalized spacial score (nSPS) is 11.4. The van der Waals surface area contributed by atoms with E-state index in [1.54, 1.807) is 12.1 Å². The average molecular weight is 632 g/mol. The van der Waals surface area contributed by atoms with E-state index in [-0.39, 0.29) is 34.3 Å². The van der Waals surface area contributed by atoms with E-state index >= 15 is 0 Å². The predicted octanol–water partition coefficient (Wildman–Crippen LogP) is 10.3. The van der Waals surface area contributed by atoms with Crippen LogP contribution in [-0.4, -0.2) is 34.3 Å². The summed E-state index contributed by atoms with van der Waals surface area (Å²) in [4.78, 5) is 33.6. The molecule has 0 aliphatic heterocycles. The Morgan fingerprint density at radius 2 is 0.867 bits per heavy atom. The van der Waals surface area contributed by atoms with E-state index < -0.39 is 0 Å². The summed E-state index contributed by atoms with van der Waals surface area (Å²) in [5.41, 5.74) is 0.364. The molecule has 0 aliphatic rings. The molecule has 0 bridgehead atoms. The Hall–Kier alpha value is -2.37. The number of rotatable bonds is 17. The molecule has 6 nitrogen and oxygen atoms in total. The summed E-state index contributed by atoms with van der Waals surface area (Å²) in [6, 6.07) is 9.23. The summed E-state index contributed by atoms with van der Waals surface area (Å²) in [6.07, 6.45) is 21.2. The molecular weight excluding hydrogens is 558 g/mol. The Kier molecular flexibility index (Phi) is 25.6. The van der Waals surface area contributed by atoms with Crippen LogP contribution in [0.5, 0.6) is 0 Å². The molecule has 0 atom stereocenters. The monoisotopic (exact) mass is 632 g/mol. The van der Waals surface area contributed by atoms with Crippen molar-refractivity contribution in [3.05, 3.63) is 35.9 Å². The highest BCUT2D eigenvalue weighted by Crippen LogP contribution is 2.14. The van der Waals surface area contributed by atoms with Gasteiger partial charge in [0.2, 0.25) is 11.8 Å². The number of carbonyl (C=O) groups excluding carboxylic acids is 3. The van der Waals surface area contributed by atoms with Gasteiger partial charge in [-0.2, -0.15) is 0 Å². The van der Waals surface area contributed by atoms with Gasteiger partial charge in [0.25, 0.3) is 5.91 Å². The molecule has 0 fully saturated rings. The molecular formula is C39H73N3O3. The molecule has 3 amide bonds. The van der Waals surface area contributed by atoms with Crippen molar-refractivity contribution in [2.75, 3.05) is 0 Å². The Labute approximate surface area is 279 Å². The minimum atomic E-state index is -0.174. The first-order valence-electron chi connectivity index (χ1n) is 17.8. The first kappa shape index (κ1) is 44.8. The molecule has 0 aliphatic carbocycles. The van der Waals surface area contributed by atoms with E-state index in [1.807, 2.05) is 80.5 Å². The summed E-state index contributed by atoms with van der Waals surface area (Å²) in [5.74, 6) is 0.211. The lowest BCUT2D eigenvalue weighted by atomic mass is 10.0. The van der Waals surface area contributed by atoms with Gasteiger partial charge >= 0.3 is 0 Å². The quantitative estimate of drug-likeness (QED) is 0.150. The van der Waals surface area contributed by atoms with Crippen LogP contribution in [0.1, 0.15) is 189 Å². The first-order valence-corrected chi connectivity index (χ1v) is 17.8. The van der Waals surface area contributed by atoms with Gasteiger partial charge in [0, 0.05) is 35.5 Å². The Morgan fingerprint density at radius 1 is 0.511 bits per heavy atom. The van der Waals surface area contributed by atoms with Crippen molar-refractivity contribution in [2.24, 2.45) is 0 Å². The molecule has 1 aromatic rings. The van der Waals surface area contributed by atoms with Gasteiger partial charge in [-0.25, -0.2) is 0 Å². The van der Waals surface area contributed by atoms with E-state index in [9.17, 15) is 14.4 Å². The van der Waals surface area contributed by atoms with E-state index in [0.717, 1.165) is 6.42 Å². The van der Waals surface area contributed by atoms with Crippen molar-refractivity contribution in [1.82, 2.24) is 16.0 Å². The minimum absolute atomic E-state index is 0.0203. The predicted molar refractivity (Wildman–Crippen MR) is 195 cm³/mol. The van der Waals surface area contributed by atoms with Crippen LogP contribution in [-0.2, 0) is 9.59 Å². The maximum atomic E-state index is 11.7. The lowest BCUT2D eigenvalue weighted by Crippen LogP contribution is -2.40. The Morgan fingerprint density at radius 3 is 1.18 bits per heavy atom. The largest absolute Gasteiger partial charge is 0.352 e. The Balaban J connectivity index is 0.